The summed E-state index contributed by atoms with van der Waals surface area (Å²) in [6, 6.07) is 11.1. The van der Waals surface area contributed by atoms with E-state index in [1.807, 2.05) is 0 Å². The van der Waals surface area contributed by atoms with Gasteiger partial charge in [0.2, 0.25) is 0 Å². The number of hydrogen-bond acceptors (Lipinski definition) is 7. The molecule has 29 heavy (non-hydrogen) atoms. The third-order valence-electron chi connectivity index (χ3n) is 4.23. The number of esters is 1. The number of cyclic esters (lactones) is 1. The van der Waals surface area contributed by atoms with E-state index in [-0.39, 0.29) is 22.1 Å². The van der Waals surface area contributed by atoms with Crippen LogP contribution in [0.1, 0.15) is 27.6 Å². The molecule has 1 aromatic heterocycles. The fourth-order valence-electron chi connectivity index (χ4n) is 2.97. The molecule has 0 radical (unpaired) electrons. The van der Waals surface area contributed by atoms with Gasteiger partial charge in [-0.2, -0.15) is 21.6 Å². The zero-order valence-corrected chi connectivity index (χ0v) is 14.9. The first-order chi connectivity index (χ1) is 13.6. The molecule has 0 N–H and O–H groups in total. The van der Waals surface area contributed by atoms with Gasteiger partial charge in [-0.1, -0.05) is 30.3 Å². The van der Waals surface area contributed by atoms with Crippen molar-refractivity contribution in [2.24, 2.45) is 0 Å². The molecule has 1 aliphatic rings. The lowest BCUT2D eigenvalue weighted by molar-refractivity contribution is -0.0500. The summed E-state index contributed by atoms with van der Waals surface area (Å²) in [6.07, 6.45) is -1.50. The Balaban J connectivity index is 2.02. The maximum atomic E-state index is 12.9. The van der Waals surface area contributed by atoms with Gasteiger partial charge in [-0.3, -0.25) is 0 Å². The first-order valence-electron chi connectivity index (χ1n) is 7.96. The number of ether oxygens (including phenoxy) is 1. The lowest BCUT2D eigenvalue weighted by Gasteiger charge is -2.17. The van der Waals surface area contributed by atoms with Crippen LogP contribution in [0.3, 0.4) is 0 Å². The van der Waals surface area contributed by atoms with Crippen LogP contribution in [-0.4, -0.2) is 19.9 Å². The van der Waals surface area contributed by atoms with Gasteiger partial charge in [0.25, 0.3) is 0 Å². The summed E-state index contributed by atoms with van der Waals surface area (Å²) in [5.74, 6) is -1.74. The molecule has 11 heteroatoms. The monoisotopic (exact) mass is 426 g/mol. The zero-order valence-electron chi connectivity index (χ0n) is 14.1. The quantitative estimate of drug-likeness (QED) is 0.274. The van der Waals surface area contributed by atoms with E-state index in [0.717, 1.165) is 0 Å². The number of carbonyl (C=O) groups is 1. The molecule has 0 saturated heterocycles. The highest BCUT2D eigenvalue weighted by Crippen LogP contribution is 2.42. The molecule has 2 aromatic carbocycles. The Hall–Kier alpha value is -3.34. The van der Waals surface area contributed by atoms with Gasteiger partial charge in [0.1, 0.15) is 11.1 Å². The number of alkyl halides is 3. The van der Waals surface area contributed by atoms with Crippen molar-refractivity contribution in [1.29, 1.82) is 0 Å². The SMILES string of the molecule is O=C1OC(c2c(OS(=O)(=O)C(F)(F)F)c3ccccc3oc2=O)c2ccccc21. The predicted molar refractivity (Wildman–Crippen MR) is 91.8 cm³/mol. The first kappa shape index (κ1) is 19.0. The van der Waals surface area contributed by atoms with Gasteiger partial charge in [-0.25, -0.2) is 9.59 Å². The van der Waals surface area contributed by atoms with Crippen molar-refractivity contribution in [2.45, 2.75) is 11.6 Å². The van der Waals surface area contributed by atoms with E-state index < -0.39 is 44.6 Å². The van der Waals surface area contributed by atoms with Crippen LogP contribution >= 0.6 is 0 Å². The first-order valence-corrected chi connectivity index (χ1v) is 9.37. The summed E-state index contributed by atoms with van der Waals surface area (Å²) in [4.78, 5) is 24.7. The van der Waals surface area contributed by atoms with Crippen LogP contribution < -0.4 is 9.81 Å². The topological polar surface area (TPSA) is 99.9 Å². The van der Waals surface area contributed by atoms with Crippen LogP contribution in [-0.2, 0) is 14.9 Å². The molecule has 3 aromatic rings. The molecular formula is C18H9F3O7S. The van der Waals surface area contributed by atoms with Gasteiger partial charge < -0.3 is 13.3 Å². The Morgan fingerprint density at radius 2 is 1.62 bits per heavy atom. The molecule has 1 unspecified atom stereocenters. The summed E-state index contributed by atoms with van der Waals surface area (Å²) in [6.45, 7) is 0. The number of fused-ring (bicyclic) bond motifs is 2. The summed E-state index contributed by atoms with van der Waals surface area (Å²) < 4.78 is 76.7. The van der Waals surface area contributed by atoms with Crippen molar-refractivity contribution < 1.29 is 39.7 Å². The summed E-state index contributed by atoms with van der Waals surface area (Å²) in [5.41, 5.74) is -7.58. The van der Waals surface area contributed by atoms with Crippen molar-refractivity contribution >= 4 is 27.1 Å². The van der Waals surface area contributed by atoms with E-state index in [9.17, 15) is 31.2 Å². The maximum absolute atomic E-state index is 12.9. The number of hydrogen-bond donors (Lipinski definition) is 0. The van der Waals surface area contributed by atoms with Crippen LogP contribution in [0.15, 0.2) is 57.7 Å². The summed E-state index contributed by atoms with van der Waals surface area (Å²) in [5, 5.41) is -0.213. The molecule has 2 heterocycles. The van der Waals surface area contributed by atoms with Gasteiger partial charge in [-0.15, -0.1) is 0 Å². The molecule has 0 bridgehead atoms. The van der Waals surface area contributed by atoms with Crippen LogP contribution in [0.25, 0.3) is 11.0 Å². The average Bonchev–Trinajstić information content (AvgIpc) is 2.97. The van der Waals surface area contributed by atoms with Crippen molar-refractivity contribution in [3.05, 3.63) is 75.6 Å². The van der Waals surface area contributed by atoms with Crippen molar-refractivity contribution in [3.63, 3.8) is 0 Å². The van der Waals surface area contributed by atoms with Crippen LogP contribution in [0.2, 0.25) is 0 Å². The highest BCUT2D eigenvalue weighted by atomic mass is 32.2. The number of rotatable bonds is 3. The minimum atomic E-state index is -6.12. The van der Waals surface area contributed by atoms with Gasteiger partial charge >= 0.3 is 27.2 Å². The molecule has 0 fully saturated rings. The molecular weight excluding hydrogens is 417 g/mol. The Kier molecular flexibility index (Phi) is 4.15. The van der Waals surface area contributed by atoms with Crippen LogP contribution in [0.5, 0.6) is 5.75 Å². The number of para-hydroxylation sites is 1. The molecule has 0 aliphatic carbocycles. The minimum Gasteiger partial charge on any atom is -0.448 e. The van der Waals surface area contributed by atoms with Crippen molar-refractivity contribution in [3.8, 4) is 5.75 Å². The number of carbonyl (C=O) groups excluding carboxylic acids is 1. The smallest absolute Gasteiger partial charge is 0.448 e. The average molecular weight is 426 g/mol. The highest BCUT2D eigenvalue weighted by Gasteiger charge is 2.50. The van der Waals surface area contributed by atoms with Crippen molar-refractivity contribution in [1.82, 2.24) is 0 Å². The summed E-state index contributed by atoms with van der Waals surface area (Å²) in [7, 11) is -6.12. The molecule has 150 valence electrons. The van der Waals surface area contributed by atoms with Gasteiger partial charge in [0, 0.05) is 5.56 Å². The molecule has 7 nitrogen and oxygen atoms in total. The Labute approximate surface area is 160 Å². The predicted octanol–water partition coefficient (Wildman–Crippen LogP) is 3.28. The van der Waals surface area contributed by atoms with Crippen LogP contribution in [0.4, 0.5) is 13.2 Å². The molecule has 0 saturated carbocycles. The standard InChI is InChI=1S/C18H9F3O7S/c19-18(20,21)29(24,25)28-15-11-7-3-4-8-12(11)26-17(23)13(15)14-9-5-1-2-6-10(9)16(22)27-14/h1-8,14H. The maximum Gasteiger partial charge on any atom is 0.534 e. The Morgan fingerprint density at radius 1 is 0.966 bits per heavy atom. The lowest BCUT2D eigenvalue weighted by atomic mass is 9.99. The van der Waals surface area contributed by atoms with E-state index in [1.54, 1.807) is 0 Å². The van der Waals surface area contributed by atoms with E-state index in [4.69, 9.17) is 9.15 Å². The van der Waals surface area contributed by atoms with E-state index in [2.05, 4.69) is 4.18 Å². The fourth-order valence-corrected chi connectivity index (χ4v) is 3.46. The second-order valence-electron chi connectivity index (χ2n) is 5.98. The van der Waals surface area contributed by atoms with Gasteiger partial charge in [0.05, 0.1) is 10.9 Å². The normalized spacial score (nSPS) is 16.5. The number of benzene rings is 2. The fraction of sp³-hybridized carbons (Fsp3) is 0.111. The number of halogens is 3. The molecule has 1 atom stereocenters. The highest BCUT2D eigenvalue weighted by molar-refractivity contribution is 7.88. The molecule has 0 amide bonds. The zero-order chi connectivity index (χ0) is 21.0. The van der Waals surface area contributed by atoms with E-state index in [1.165, 1.54) is 48.5 Å². The Morgan fingerprint density at radius 3 is 2.34 bits per heavy atom. The minimum absolute atomic E-state index is 0.0784. The summed E-state index contributed by atoms with van der Waals surface area (Å²) >= 11 is 0. The van der Waals surface area contributed by atoms with Crippen LogP contribution in [0, 0.1) is 0 Å². The molecule has 4 rings (SSSR count). The van der Waals surface area contributed by atoms with Gasteiger partial charge in [0.15, 0.2) is 11.9 Å². The third kappa shape index (κ3) is 3.03. The van der Waals surface area contributed by atoms with Gasteiger partial charge in [-0.05, 0) is 18.2 Å². The second kappa shape index (κ2) is 6.34. The van der Waals surface area contributed by atoms with E-state index >= 15 is 0 Å². The van der Waals surface area contributed by atoms with E-state index in [0.29, 0.717) is 0 Å². The molecule has 0 spiro atoms. The largest absolute Gasteiger partial charge is 0.534 e. The van der Waals surface area contributed by atoms with Crippen molar-refractivity contribution in [2.75, 3.05) is 0 Å². The Bertz CT molecular complexity index is 1310. The second-order valence-corrected chi connectivity index (χ2v) is 7.52. The lowest BCUT2D eigenvalue weighted by Crippen LogP contribution is -2.29. The molecule has 1 aliphatic heterocycles. The third-order valence-corrected chi connectivity index (χ3v) is 5.18.